The molecule has 2 aromatic heterocycles. The number of hydrogen-bond acceptors (Lipinski definition) is 2. The standard InChI is InChI=1S/C27H29ClN4O/c1-19(2)32-23-9-4-3-8-22(23)29-27(32)24-10-7-17-31(24)26(33)18-25(30-15-5-6-16-30)20-11-13-21(28)14-12-20/h3-6,8-9,11-16,19,24-25H,7,10,17-18H2,1-2H3/t24-,25+/m0/s1. The molecule has 1 amide bonds. The smallest absolute Gasteiger partial charge is 0.225 e. The predicted molar refractivity (Wildman–Crippen MR) is 132 cm³/mol. The summed E-state index contributed by atoms with van der Waals surface area (Å²) in [7, 11) is 0. The molecule has 6 heteroatoms. The van der Waals surface area contributed by atoms with E-state index >= 15 is 0 Å². The van der Waals surface area contributed by atoms with Crippen molar-refractivity contribution < 1.29 is 4.79 Å². The topological polar surface area (TPSA) is 43.1 Å². The average molecular weight is 461 g/mol. The number of halogens is 1. The molecule has 5 rings (SSSR count). The van der Waals surface area contributed by atoms with E-state index in [4.69, 9.17) is 16.6 Å². The van der Waals surface area contributed by atoms with Gasteiger partial charge in [0.1, 0.15) is 5.82 Å². The van der Waals surface area contributed by atoms with Gasteiger partial charge in [0.2, 0.25) is 5.91 Å². The third-order valence-corrected chi connectivity index (χ3v) is 6.87. The molecule has 1 fully saturated rings. The van der Waals surface area contributed by atoms with Crippen molar-refractivity contribution in [1.29, 1.82) is 0 Å². The number of likely N-dealkylation sites (tertiary alicyclic amines) is 1. The molecule has 5 nitrogen and oxygen atoms in total. The van der Waals surface area contributed by atoms with E-state index in [2.05, 4.69) is 41.2 Å². The average Bonchev–Trinajstić information content (AvgIpc) is 3.57. The van der Waals surface area contributed by atoms with Gasteiger partial charge in [-0.2, -0.15) is 0 Å². The number of rotatable bonds is 6. The molecule has 0 unspecified atom stereocenters. The second-order valence-electron chi connectivity index (χ2n) is 9.07. The lowest BCUT2D eigenvalue weighted by atomic mass is 10.0. The van der Waals surface area contributed by atoms with Crippen molar-refractivity contribution in [3.63, 3.8) is 0 Å². The van der Waals surface area contributed by atoms with Gasteiger partial charge in [0, 0.05) is 30.0 Å². The molecule has 0 bridgehead atoms. The van der Waals surface area contributed by atoms with Gasteiger partial charge >= 0.3 is 0 Å². The zero-order valence-corrected chi connectivity index (χ0v) is 19.8. The first-order chi connectivity index (χ1) is 16.0. The zero-order valence-electron chi connectivity index (χ0n) is 19.1. The highest BCUT2D eigenvalue weighted by atomic mass is 35.5. The van der Waals surface area contributed by atoms with Crippen molar-refractivity contribution in [2.75, 3.05) is 6.54 Å². The summed E-state index contributed by atoms with van der Waals surface area (Å²) in [5, 5.41) is 0.698. The van der Waals surface area contributed by atoms with E-state index < -0.39 is 0 Å². The Labute approximate surface area is 199 Å². The van der Waals surface area contributed by atoms with Gasteiger partial charge in [-0.25, -0.2) is 4.98 Å². The summed E-state index contributed by atoms with van der Waals surface area (Å²) < 4.78 is 4.41. The monoisotopic (exact) mass is 460 g/mol. The van der Waals surface area contributed by atoms with Crippen molar-refractivity contribution in [1.82, 2.24) is 19.0 Å². The van der Waals surface area contributed by atoms with Crippen molar-refractivity contribution in [3.8, 4) is 0 Å². The maximum absolute atomic E-state index is 13.7. The molecule has 0 N–H and O–H groups in total. The lowest BCUT2D eigenvalue weighted by Crippen LogP contribution is -2.34. The number of para-hydroxylation sites is 2. The number of amides is 1. The van der Waals surface area contributed by atoms with E-state index in [0.717, 1.165) is 41.8 Å². The van der Waals surface area contributed by atoms with Crippen LogP contribution in [0.1, 0.15) is 62.6 Å². The summed E-state index contributed by atoms with van der Waals surface area (Å²) in [6, 6.07) is 20.3. The highest BCUT2D eigenvalue weighted by molar-refractivity contribution is 6.30. The van der Waals surface area contributed by atoms with Crippen LogP contribution in [0.5, 0.6) is 0 Å². The van der Waals surface area contributed by atoms with Crippen LogP contribution < -0.4 is 0 Å². The van der Waals surface area contributed by atoms with Gasteiger partial charge in [-0.3, -0.25) is 4.79 Å². The van der Waals surface area contributed by atoms with Crippen molar-refractivity contribution in [2.24, 2.45) is 0 Å². The number of nitrogens with zero attached hydrogens (tertiary/aromatic N) is 4. The number of aromatic nitrogens is 3. The highest BCUT2D eigenvalue weighted by Crippen LogP contribution is 2.36. The van der Waals surface area contributed by atoms with E-state index in [1.807, 2.05) is 59.8 Å². The van der Waals surface area contributed by atoms with Gasteiger partial charge in [-0.1, -0.05) is 35.9 Å². The molecule has 0 aliphatic carbocycles. The Morgan fingerprint density at radius 1 is 1.06 bits per heavy atom. The van der Waals surface area contributed by atoms with E-state index in [0.29, 0.717) is 11.4 Å². The van der Waals surface area contributed by atoms with Gasteiger partial charge in [0.15, 0.2) is 0 Å². The number of carbonyl (C=O) groups is 1. The lowest BCUT2D eigenvalue weighted by Gasteiger charge is -2.28. The molecule has 4 aromatic rings. The zero-order chi connectivity index (χ0) is 22.9. The Morgan fingerprint density at radius 3 is 2.52 bits per heavy atom. The van der Waals surface area contributed by atoms with E-state index in [1.165, 1.54) is 0 Å². The molecule has 1 aliphatic heterocycles. The van der Waals surface area contributed by atoms with Crippen LogP contribution >= 0.6 is 11.6 Å². The summed E-state index contributed by atoms with van der Waals surface area (Å²) in [4.78, 5) is 20.8. The van der Waals surface area contributed by atoms with Crippen LogP contribution in [-0.4, -0.2) is 31.5 Å². The number of fused-ring (bicyclic) bond motifs is 1. The van der Waals surface area contributed by atoms with Crippen LogP contribution in [0, 0.1) is 0 Å². The molecule has 2 aromatic carbocycles. The van der Waals surface area contributed by atoms with E-state index in [1.54, 1.807) is 0 Å². The van der Waals surface area contributed by atoms with Crippen LogP contribution in [0.2, 0.25) is 5.02 Å². The minimum absolute atomic E-state index is 0.00262. The summed E-state index contributed by atoms with van der Waals surface area (Å²) in [6.07, 6.45) is 6.37. The molecular weight excluding hydrogens is 432 g/mol. The molecule has 170 valence electrons. The highest BCUT2D eigenvalue weighted by Gasteiger charge is 2.35. The molecule has 0 spiro atoms. The quantitative estimate of drug-likeness (QED) is 0.333. The third kappa shape index (κ3) is 4.18. The Kier molecular flexibility index (Phi) is 5.98. The molecule has 0 radical (unpaired) electrons. The van der Waals surface area contributed by atoms with Crippen LogP contribution in [0.15, 0.2) is 73.1 Å². The Hall–Kier alpha value is -3.05. The number of imidazole rings is 1. The first-order valence-electron chi connectivity index (χ1n) is 11.7. The van der Waals surface area contributed by atoms with E-state index in [9.17, 15) is 4.79 Å². The largest absolute Gasteiger partial charge is 0.346 e. The normalized spacial score (nSPS) is 17.2. The maximum atomic E-state index is 13.7. The van der Waals surface area contributed by atoms with Crippen LogP contribution in [0.25, 0.3) is 11.0 Å². The summed E-state index contributed by atoms with van der Waals surface area (Å²) >= 11 is 6.12. The Balaban J connectivity index is 1.46. The first kappa shape index (κ1) is 21.8. The SMILES string of the molecule is CC(C)n1c([C@@H]2CCCN2C(=O)C[C@H](c2ccc(Cl)cc2)n2cccc2)nc2ccccc21. The van der Waals surface area contributed by atoms with Gasteiger partial charge in [-0.05, 0) is 68.7 Å². The Bertz CT molecular complexity index is 1240. The van der Waals surface area contributed by atoms with Crippen molar-refractivity contribution in [2.45, 2.75) is 51.2 Å². The Morgan fingerprint density at radius 2 is 1.79 bits per heavy atom. The maximum Gasteiger partial charge on any atom is 0.225 e. The molecule has 3 heterocycles. The number of hydrogen-bond donors (Lipinski definition) is 0. The number of benzene rings is 2. The van der Waals surface area contributed by atoms with Crippen molar-refractivity contribution >= 4 is 28.5 Å². The third-order valence-electron chi connectivity index (χ3n) is 6.62. The van der Waals surface area contributed by atoms with Gasteiger partial charge < -0.3 is 14.0 Å². The molecule has 33 heavy (non-hydrogen) atoms. The first-order valence-corrected chi connectivity index (χ1v) is 12.0. The molecule has 2 atom stereocenters. The minimum atomic E-state index is -0.0741. The van der Waals surface area contributed by atoms with Gasteiger partial charge in [0.25, 0.3) is 0 Å². The van der Waals surface area contributed by atoms with Gasteiger partial charge in [-0.15, -0.1) is 0 Å². The molecule has 0 saturated carbocycles. The fraction of sp³-hybridized carbons (Fsp3) is 0.333. The summed E-state index contributed by atoms with van der Waals surface area (Å²) in [6.45, 7) is 5.13. The lowest BCUT2D eigenvalue weighted by molar-refractivity contribution is -0.132. The van der Waals surface area contributed by atoms with Crippen molar-refractivity contribution in [3.05, 3.63) is 89.5 Å². The van der Waals surface area contributed by atoms with Crippen LogP contribution in [-0.2, 0) is 4.79 Å². The molecule has 1 saturated heterocycles. The molecular formula is C27H29ClN4O. The number of carbonyl (C=O) groups excluding carboxylic acids is 1. The van der Waals surface area contributed by atoms with Gasteiger partial charge in [0.05, 0.1) is 29.5 Å². The van der Waals surface area contributed by atoms with E-state index in [-0.39, 0.29) is 24.0 Å². The molecule has 1 aliphatic rings. The second kappa shape index (κ2) is 9.06. The second-order valence-corrected chi connectivity index (χ2v) is 9.51. The minimum Gasteiger partial charge on any atom is -0.346 e. The van der Waals surface area contributed by atoms with Crippen LogP contribution in [0.4, 0.5) is 0 Å². The predicted octanol–water partition coefficient (Wildman–Crippen LogP) is 6.42. The fourth-order valence-electron chi connectivity index (χ4n) is 5.09. The fourth-order valence-corrected chi connectivity index (χ4v) is 5.22. The van der Waals surface area contributed by atoms with Crippen LogP contribution in [0.3, 0.4) is 0 Å². The summed E-state index contributed by atoms with van der Waals surface area (Å²) in [5.74, 6) is 1.16. The summed E-state index contributed by atoms with van der Waals surface area (Å²) in [5.41, 5.74) is 3.20.